The molecule has 1 aliphatic heterocycles. The summed E-state index contributed by atoms with van der Waals surface area (Å²) in [6, 6.07) is 10.6. The van der Waals surface area contributed by atoms with Crippen molar-refractivity contribution >= 4 is 23.4 Å². The van der Waals surface area contributed by atoms with E-state index in [1.165, 1.54) is 11.1 Å². The molecule has 24 heavy (non-hydrogen) atoms. The number of hydrogen-bond acceptors (Lipinski definition) is 4. The van der Waals surface area contributed by atoms with Crippen LogP contribution in [0.1, 0.15) is 34.5 Å². The first-order chi connectivity index (χ1) is 11.5. The molecule has 2 heterocycles. The fourth-order valence-corrected chi connectivity index (χ4v) is 2.48. The first kappa shape index (κ1) is 15.9. The van der Waals surface area contributed by atoms with Crippen LogP contribution in [0, 0.1) is 6.92 Å². The van der Waals surface area contributed by atoms with Gasteiger partial charge in [-0.05, 0) is 36.8 Å². The highest BCUT2D eigenvalue weighted by Crippen LogP contribution is 2.17. The van der Waals surface area contributed by atoms with Crippen molar-refractivity contribution in [2.24, 2.45) is 0 Å². The first-order valence-electron chi connectivity index (χ1n) is 7.69. The summed E-state index contributed by atoms with van der Waals surface area (Å²) in [4.78, 5) is 40.7. The van der Waals surface area contributed by atoms with Gasteiger partial charge in [0.15, 0.2) is 0 Å². The Morgan fingerprint density at radius 3 is 2.33 bits per heavy atom. The van der Waals surface area contributed by atoms with Crippen molar-refractivity contribution in [1.29, 1.82) is 0 Å². The van der Waals surface area contributed by atoms with Crippen molar-refractivity contribution in [3.05, 3.63) is 59.4 Å². The van der Waals surface area contributed by atoms with Gasteiger partial charge in [0, 0.05) is 30.4 Å². The number of likely N-dealkylation sites (tertiary alicyclic amines) is 1. The second kappa shape index (κ2) is 6.62. The maximum absolute atomic E-state index is 12.1. The monoisotopic (exact) mass is 323 g/mol. The van der Waals surface area contributed by atoms with Gasteiger partial charge in [-0.15, -0.1) is 0 Å². The highest BCUT2D eigenvalue weighted by molar-refractivity contribution is 6.04. The van der Waals surface area contributed by atoms with Crippen LogP contribution in [0.3, 0.4) is 0 Å². The fraction of sp³-hybridized carbons (Fsp3) is 0.222. The van der Waals surface area contributed by atoms with E-state index in [0.29, 0.717) is 11.3 Å². The van der Waals surface area contributed by atoms with E-state index in [1.807, 2.05) is 6.92 Å². The zero-order chi connectivity index (χ0) is 17.1. The molecule has 0 unspecified atom stereocenters. The van der Waals surface area contributed by atoms with Crippen LogP contribution in [0.25, 0.3) is 0 Å². The molecule has 3 amide bonds. The van der Waals surface area contributed by atoms with E-state index in [9.17, 15) is 14.4 Å². The number of carbonyl (C=O) groups excluding carboxylic acids is 3. The standard InChI is InChI=1S/C18H17N3O3/c1-12-2-5-14(10-19-12)18(24)20-15-6-3-13(4-7-15)11-21-16(22)8-9-17(21)23/h2-7,10H,8-9,11H2,1H3,(H,20,24). The van der Waals surface area contributed by atoms with Gasteiger partial charge in [0.1, 0.15) is 0 Å². The minimum Gasteiger partial charge on any atom is -0.322 e. The first-order valence-corrected chi connectivity index (χ1v) is 7.69. The predicted molar refractivity (Wildman–Crippen MR) is 88.2 cm³/mol. The van der Waals surface area contributed by atoms with Crippen LogP contribution in [-0.4, -0.2) is 27.6 Å². The van der Waals surface area contributed by atoms with E-state index in [2.05, 4.69) is 10.3 Å². The topological polar surface area (TPSA) is 79.4 Å². The number of imide groups is 1. The van der Waals surface area contributed by atoms with Gasteiger partial charge >= 0.3 is 0 Å². The molecular weight excluding hydrogens is 306 g/mol. The number of nitrogens with zero attached hydrogens (tertiary/aromatic N) is 2. The van der Waals surface area contributed by atoms with E-state index >= 15 is 0 Å². The van der Waals surface area contributed by atoms with Crippen LogP contribution in [0.5, 0.6) is 0 Å². The van der Waals surface area contributed by atoms with Crippen molar-refractivity contribution in [1.82, 2.24) is 9.88 Å². The lowest BCUT2D eigenvalue weighted by atomic mass is 10.2. The highest BCUT2D eigenvalue weighted by atomic mass is 16.2. The second-order valence-electron chi connectivity index (χ2n) is 5.71. The van der Waals surface area contributed by atoms with Crippen LogP contribution in [0.4, 0.5) is 5.69 Å². The van der Waals surface area contributed by atoms with Crippen LogP contribution in [0.15, 0.2) is 42.6 Å². The molecule has 0 aliphatic carbocycles. The maximum Gasteiger partial charge on any atom is 0.257 e. The Morgan fingerprint density at radius 2 is 1.75 bits per heavy atom. The number of pyridine rings is 1. The lowest BCUT2D eigenvalue weighted by Crippen LogP contribution is -2.28. The second-order valence-corrected chi connectivity index (χ2v) is 5.71. The molecular formula is C18H17N3O3. The molecule has 3 rings (SSSR count). The number of hydrogen-bond donors (Lipinski definition) is 1. The summed E-state index contributed by atoms with van der Waals surface area (Å²) in [6.07, 6.45) is 2.11. The Morgan fingerprint density at radius 1 is 1.08 bits per heavy atom. The zero-order valence-corrected chi connectivity index (χ0v) is 13.3. The normalized spacial score (nSPS) is 14.1. The number of carbonyl (C=O) groups is 3. The summed E-state index contributed by atoms with van der Waals surface area (Å²) in [5.74, 6) is -0.506. The number of amides is 3. The highest BCUT2D eigenvalue weighted by Gasteiger charge is 2.28. The third-order valence-corrected chi connectivity index (χ3v) is 3.88. The zero-order valence-electron chi connectivity index (χ0n) is 13.3. The van der Waals surface area contributed by atoms with Gasteiger partial charge < -0.3 is 5.32 Å². The SMILES string of the molecule is Cc1ccc(C(=O)Nc2ccc(CN3C(=O)CCC3=O)cc2)cn1. The average molecular weight is 323 g/mol. The Bertz CT molecular complexity index is 766. The van der Waals surface area contributed by atoms with Crippen LogP contribution >= 0.6 is 0 Å². The Hall–Kier alpha value is -3.02. The molecule has 1 fully saturated rings. The van der Waals surface area contributed by atoms with Gasteiger partial charge in [-0.25, -0.2) is 0 Å². The van der Waals surface area contributed by atoms with Gasteiger partial charge in [-0.3, -0.25) is 24.3 Å². The molecule has 0 saturated carbocycles. The minimum absolute atomic E-state index is 0.135. The summed E-state index contributed by atoms with van der Waals surface area (Å²) < 4.78 is 0. The smallest absolute Gasteiger partial charge is 0.257 e. The van der Waals surface area contributed by atoms with Crippen molar-refractivity contribution < 1.29 is 14.4 Å². The molecule has 1 aliphatic rings. The Kier molecular flexibility index (Phi) is 4.37. The molecule has 0 radical (unpaired) electrons. The van der Waals surface area contributed by atoms with Crippen molar-refractivity contribution in [2.75, 3.05) is 5.32 Å². The van der Waals surface area contributed by atoms with Crippen molar-refractivity contribution in [3.8, 4) is 0 Å². The number of anilines is 1. The van der Waals surface area contributed by atoms with E-state index in [0.717, 1.165) is 11.3 Å². The molecule has 6 nitrogen and oxygen atoms in total. The molecule has 1 aromatic heterocycles. The van der Waals surface area contributed by atoms with Crippen molar-refractivity contribution in [2.45, 2.75) is 26.3 Å². The molecule has 2 aromatic rings. The van der Waals surface area contributed by atoms with Crippen molar-refractivity contribution in [3.63, 3.8) is 0 Å². The quantitative estimate of drug-likeness (QED) is 0.876. The van der Waals surface area contributed by atoms with E-state index < -0.39 is 0 Å². The minimum atomic E-state index is -0.236. The molecule has 0 spiro atoms. The summed E-state index contributed by atoms with van der Waals surface area (Å²) in [5.41, 5.74) is 2.82. The number of nitrogens with one attached hydrogen (secondary N) is 1. The molecule has 1 aromatic carbocycles. The Balaban J connectivity index is 1.64. The molecule has 0 atom stereocenters. The maximum atomic E-state index is 12.1. The fourth-order valence-electron chi connectivity index (χ4n) is 2.48. The lowest BCUT2D eigenvalue weighted by Gasteiger charge is -2.14. The number of benzene rings is 1. The molecule has 6 heteroatoms. The van der Waals surface area contributed by atoms with Crippen LogP contribution < -0.4 is 5.32 Å². The lowest BCUT2D eigenvalue weighted by molar-refractivity contribution is -0.139. The van der Waals surface area contributed by atoms with Crippen LogP contribution in [0.2, 0.25) is 0 Å². The third kappa shape index (κ3) is 3.48. The average Bonchev–Trinajstić information content (AvgIpc) is 2.89. The summed E-state index contributed by atoms with van der Waals surface area (Å²) >= 11 is 0. The number of aromatic nitrogens is 1. The van der Waals surface area contributed by atoms with Gasteiger partial charge in [-0.1, -0.05) is 12.1 Å². The number of aryl methyl sites for hydroxylation is 1. The molecule has 122 valence electrons. The number of rotatable bonds is 4. The van der Waals surface area contributed by atoms with Gasteiger partial charge in [0.05, 0.1) is 12.1 Å². The van der Waals surface area contributed by atoms with Gasteiger partial charge in [0.25, 0.3) is 5.91 Å². The van der Waals surface area contributed by atoms with Gasteiger partial charge in [0.2, 0.25) is 11.8 Å². The molecule has 1 N–H and O–H groups in total. The van der Waals surface area contributed by atoms with E-state index in [1.54, 1.807) is 36.4 Å². The molecule has 0 bridgehead atoms. The predicted octanol–water partition coefficient (Wildman–Crippen LogP) is 2.29. The van der Waals surface area contributed by atoms with Crippen LogP contribution in [-0.2, 0) is 16.1 Å². The van der Waals surface area contributed by atoms with E-state index in [4.69, 9.17) is 0 Å². The summed E-state index contributed by atoms with van der Waals surface area (Å²) in [7, 11) is 0. The largest absolute Gasteiger partial charge is 0.322 e. The van der Waals surface area contributed by atoms with Gasteiger partial charge in [-0.2, -0.15) is 0 Å². The third-order valence-electron chi connectivity index (χ3n) is 3.88. The Labute approximate surface area is 139 Å². The molecule has 1 saturated heterocycles. The van der Waals surface area contributed by atoms with E-state index in [-0.39, 0.29) is 37.1 Å². The summed E-state index contributed by atoms with van der Waals surface area (Å²) in [6.45, 7) is 2.13. The summed E-state index contributed by atoms with van der Waals surface area (Å²) in [5, 5.41) is 2.79.